The molecule has 1 saturated carbocycles. The van der Waals surface area contributed by atoms with E-state index in [1.54, 1.807) is 4.90 Å². The lowest BCUT2D eigenvalue weighted by Crippen LogP contribution is -2.59. The normalized spacial score (nSPS) is 32.8. The summed E-state index contributed by atoms with van der Waals surface area (Å²) in [5, 5.41) is 2.83. The molecule has 18 heavy (non-hydrogen) atoms. The van der Waals surface area contributed by atoms with Gasteiger partial charge in [-0.3, -0.25) is 9.59 Å². The molecule has 2 heterocycles. The molecule has 2 aliphatic heterocycles. The molecule has 0 aromatic rings. The molecule has 0 aromatic heterocycles. The van der Waals surface area contributed by atoms with Crippen molar-refractivity contribution in [3.8, 4) is 0 Å². The summed E-state index contributed by atoms with van der Waals surface area (Å²) in [5.74, 6) is 1.06. The Morgan fingerprint density at radius 2 is 2.11 bits per heavy atom. The van der Waals surface area contributed by atoms with Crippen LogP contribution in [0.25, 0.3) is 0 Å². The Labute approximate surface area is 107 Å². The van der Waals surface area contributed by atoms with Crippen LogP contribution < -0.4 is 5.32 Å². The van der Waals surface area contributed by atoms with Gasteiger partial charge in [0.15, 0.2) is 0 Å². The summed E-state index contributed by atoms with van der Waals surface area (Å²) in [5.41, 5.74) is 0. The predicted molar refractivity (Wildman–Crippen MR) is 64.8 cm³/mol. The maximum absolute atomic E-state index is 12.2. The van der Waals surface area contributed by atoms with Gasteiger partial charge in [-0.15, -0.1) is 0 Å². The first-order chi connectivity index (χ1) is 8.74. The van der Waals surface area contributed by atoms with E-state index in [-0.39, 0.29) is 24.4 Å². The molecule has 3 rings (SSSR count). The molecule has 0 spiro atoms. The minimum Gasteiger partial charge on any atom is -0.381 e. The number of carbonyl (C=O) groups is 2. The van der Waals surface area contributed by atoms with Crippen LogP contribution in [-0.4, -0.2) is 49.1 Å². The first-order valence-corrected chi connectivity index (χ1v) is 6.90. The van der Waals surface area contributed by atoms with Crippen LogP contribution in [0.15, 0.2) is 0 Å². The largest absolute Gasteiger partial charge is 0.381 e. The molecule has 0 aromatic carbocycles. The number of hydrogen-bond acceptors (Lipinski definition) is 3. The lowest BCUT2D eigenvalue weighted by molar-refractivity contribution is -0.145. The van der Waals surface area contributed by atoms with Gasteiger partial charge in [0.05, 0.1) is 6.54 Å². The molecule has 100 valence electrons. The molecule has 3 fully saturated rings. The van der Waals surface area contributed by atoms with E-state index in [4.69, 9.17) is 4.74 Å². The van der Waals surface area contributed by atoms with Crippen molar-refractivity contribution >= 4 is 11.8 Å². The zero-order valence-corrected chi connectivity index (χ0v) is 10.6. The first kappa shape index (κ1) is 12.0. The second-order valence-corrected chi connectivity index (χ2v) is 5.66. The Hall–Kier alpha value is -1.10. The average Bonchev–Trinajstić information content (AvgIpc) is 3.06. The Morgan fingerprint density at radius 1 is 1.28 bits per heavy atom. The number of ether oxygens (including phenoxy) is 1. The van der Waals surface area contributed by atoms with Gasteiger partial charge in [-0.05, 0) is 37.5 Å². The van der Waals surface area contributed by atoms with Crippen LogP contribution in [0, 0.1) is 11.8 Å². The average molecular weight is 252 g/mol. The highest BCUT2D eigenvalue weighted by Gasteiger charge is 2.42. The summed E-state index contributed by atoms with van der Waals surface area (Å²) in [6, 6.07) is -0.244. The molecular formula is C13H20N2O3. The molecule has 5 heteroatoms. The van der Waals surface area contributed by atoms with E-state index in [0.29, 0.717) is 18.4 Å². The van der Waals surface area contributed by atoms with Crippen molar-refractivity contribution in [2.75, 3.05) is 26.3 Å². The van der Waals surface area contributed by atoms with Crippen LogP contribution in [0.5, 0.6) is 0 Å². The quantitative estimate of drug-likeness (QED) is 0.775. The van der Waals surface area contributed by atoms with Crippen LogP contribution in [0.1, 0.15) is 25.7 Å². The fourth-order valence-electron chi connectivity index (χ4n) is 2.82. The molecule has 2 unspecified atom stereocenters. The number of hydrogen-bond donors (Lipinski definition) is 1. The van der Waals surface area contributed by atoms with E-state index in [1.807, 2.05) is 0 Å². The molecule has 1 aliphatic carbocycles. The van der Waals surface area contributed by atoms with Gasteiger partial charge in [-0.25, -0.2) is 0 Å². The minimum absolute atomic E-state index is 0.00540. The summed E-state index contributed by atoms with van der Waals surface area (Å²) in [6.45, 7) is 2.57. The Bertz CT molecular complexity index is 348. The second-order valence-electron chi connectivity index (χ2n) is 5.66. The van der Waals surface area contributed by atoms with E-state index in [0.717, 1.165) is 38.9 Å². The van der Waals surface area contributed by atoms with Gasteiger partial charge in [0.25, 0.3) is 0 Å². The lowest BCUT2D eigenvalue weighted by Gasteiger charge is -2.33. The fraction of sp³-hybridized carbons (Fsp3) is 0.846. The van der Waals surface area contributed by atoms with Gasteiger partial charge in [-0.2, -0.15) is 0 Å². The zero-order chi connectivity index (χ0) is 12.5. The number of piperazine rings is 1. The Morgan fingerprint density at radius 3 is 2.78 bits per heavy atom. The summed E-state index contributed by atoms with van der Waals surface area (Å²) in [7, 11) is 0. The standard InChI is InChI=1S/C13H20N2O3/c16-11-7-15(5-3-9-4-6-18-8-9)13(17)12(14-11)10-1-2-10/h9-10,12H,1-8H2,(H,14,16). The first-order valence-electron chi connectivity index (χ1n) is 6.90. The van der Waals surface area contributed by atoms with Gasteiger partial charge in [0.2, 0.25) is 11.8 Å². The van der Waals surface area contributed by atoms with Gasteiger partial charge >= 0.3 is 0 Å². The molecule has 2 amide bonds. The van der Waals surface area contributed by atoms with E-state index < -0.39 is 0 Å². The zero-order valence-electron chi connectivity index (χ0n) is 10.6. The van der Waals surface area contributed by atoms with Crippen molar-refractivity contribution in [1.82, 2.24) is 10.2 Å². The number of nitrogens with zero attached hydrogens (tertiary/aromatic N) is 1. The van der Waals surface area contributed by atoms with Crippen LogP contribution in [0.2, 0.25) is 0 Å². The summed E-state index contributed by atoms with van der Waals surface area (Å²) < 4.78 is 5.33. The second kappa shape index (κ2) is 4.88. The van der Waals surface area contributed by atoms with Gasteiger partial charge in [0.1, 0.15) is 6.04 Å². The third-order valence-corrected chi connectivity index (χ3v) is 4.15. The van der Waals surface area contributed by atoms with Gasteiger partial charge in [-0.1, -0.05) is 0 Å². The van der Waals surface area contributed by atoms with Gasteiger partial charge in [0, 0.05) is 19.8 Å². The highest BCUT2D eigenvalue weighted by molar-refractivity contribution is 5.95. The molecule has 2 atom stereocenters. The number of nitrogens with one attached hydrogen (secondary N) is 1. The SMILES string of the molecule is O=C1CN(CCC2CCOC2)C(=O)C(C2CC2)N1. The molecule has 1 N–H and O–H groups in total. The van der Waals surface area contributed by atoms with Crippen LogP contribution >= 0.6 is 0 Å². The summed E-state index contributed by atoms with van der Waals surface area (Å²) in [4.78, 5) is 25.6. The number of carbonyl (C=O) groups excluding carboxylic acids is 2. The fourth-order valence-corrected chi connectivity index (χ4v) is 2.82. The highest BCUT2D eigenvalue weighted by atomic mass is 16.5. The number of amides is 2. The van der Waals surface area contributed by atoms with Gasteiger partial charge < -0.3 is 15.0 Å². The molecule has 5 nitrogen and oxygen atoms in total. The van der Waals surface area contributed by atoms with E-state index in [1.165, 1.54) is 0 Å². The topological polar surface area (TPSA) is 58.6 Å². The third-order valence-electron chi connectivity index (χ3n) is 4.15. The highest BCUT2D eigenvalue weighted by Crippen LogP contribution is 2.34. The molecular weight excluding hydrogens is 232 g/mol. The van der Waals surface area contributed by atoms with Crippen LogP contribution in [-0.2, 0) is 14.3 Å². The van der Waals surface area contributed by atoms with Crippen molar-refractivity contribution < 1.29 is 14.3 Å². The van der Waals surface area contributed by atoms with Crippen LogP contribution in [0.4, 0.5) is 0 Å². The number of rotatable bonds is 4. The van der Waals surface area contributed by atoms with Crippen molar-refractivity contribution in [3.63, 3.8) is 0 Å². The van der Waals surface area contributed by atoms with Crippen LogP contribution in [0.3, 0.4) is 0 Å². The Kier molecular flexibility index (Phi) is 3.24. The van der Waals surface area contributed by atoms with Crippen molar-refractivity contribution in [2.45, 2.75) is 31.7 Å². The lowest BCUT2D eigenvalue weighted by atomic mass is 10.0. The van der Waals surface area contributed by atoms with Crippen molar-refractivity contribution in [2.24, 2.45) is 11.8 Å². The summed E-state index contributed by atoms with van der Waals surface area (Å²) >= 11 is 0. The molecule has 2 saturated heterocycles. The predicted octanol–water partition coefficient (Wildman–Crippen LogP) is 0.150. The third kappa shape index (κ3) is 2.51. The molecule has 3 aliphatic rings. The maximum Gasteiger partial charge on any atom is 0.245 e. The molecule has 0 bridgehead atoms. The molecule has 0 radical (unpaired) electrons. The van der Waals surface area contributed by atoms with E-state index >= 15 is 0 Å². The monoisotopic (exact) mass is 252 g/mol. The Balaban J connectivity index is 1.55. The minimum atomic E-state index is -0.244. The van der Waals surface area contributed by atoms with Crippen molar-refractivity contribution in [1.29, 1.82) is 0 Å². The smallest absolute Gasteiger partial charge is 0.245 e. The maximum atomic E-state index is 12.2. The van der Waals surface area contributed by atoms with E-state index in [9.17, 15) is 9.59 Å². The van der Waals surface area contributed by atoms with Crippen molar-refractivity contribution in [3.05, 3.63) is 0 Å². The summed E-state index contributed by atoms with van der Waals surface area (Å²) in [6.07, 6.45) is 4.18. The van der Waals surface area contributed by atoms with E-state index in [2.05, 4.69) is 5.32 Å².